The molecule has 25 heavy (non-hydrogen) atoms. The van der Waals surface area contributed by atoms with Crippen LogP contribution >= 0.6 is 0 Å². The van der Waals surface area contributed by atoms with E-state index in [4.69, 9.17) is 0 Å². The van der Waals surface area contributed by atoms with E-state index in [2.05, 4.69) is 24.1 Å². The maximum atomic E-state index is 12.5. The highest BCUT2D eigenvalue weighted by molar-refractivity contribution is 5.88. The number of carbonyl (C=O) groups excluding carboxylic acids is 2. The van der Waals surface area contributed by atoms with Crippen molar-refractivity contribution < 1.29 is 9.59 Å². The Balaban J connectivity index is 1.58. The van der Waals surface area contributed by atoms with Gasteiger partial charge in [-0.3, -0.25) is 4.79 Å². The lowest BCUT2D eigenvalue weighted by Gasteiger charge is -2.39. The highest BCUT2D eigenvalue weighted by atomic mass is 16.2. The number of para-hydroxylation sites is 1. The molecule has 0 spiro atoms. The normalized spacial score (nSPS) is 18.2. The van der Waals surface area contributed by atoms with Crippen molar-refractivity contribution in [1.29, 1.82) is 0 Å². The van der Waals surface area contributed by atoms with Gasteiger partial charge in [0.25, 0.3) is 0 Å². The van der Waals surface area contributed by atoms with E-state index >= 15 is 0 Å². The number of nitrogens with zero attached hydrogens (tertiary/aromatic N) is 2. The van der Waals surface area contributed by atoms with Crippen molar-refractivity contribution in [2.45, 2.75) is 33.4 Å². The van der Waals surface area contributed by atoms with Crippen LogP contribution in [-0.4, -0.2) is 52.4 Å². The molecule has 0 unspecified atom stereocenters. The number of urea groups is 1. The van der Waals surface area contributed by atoms with Crippen molar-refractivity contribution in [1.82, 2.24) is 20.1 Å². The minimum atomic E-state index is -0.421. The number of fused-ring (bicyclic) bond motifs is 1. The lowest BCUT2D eigenvalue weighted by Crippen LogP contribution is -2.59. The zero-order valence-electron chi connectivity index (χ0n) is 15.1. The van der Waals surface area contributed by atoms with E-state index in [1.807, 2.05) is 35.2 Å². The number of amides is 3. The summed E-state index contributed by atoms with van der Waals surface area (Å²) in [4.78, 5) is 31.7. The fourth-order valence-corrected chi connectivity index (χ4v) is 3.33. The first kappa shape index (κ1) is 17.3. The molecule has 3 amide bonds. The number of benzene rings is 1. The number of hydrogen-bond donors (Lipinski definition) is 2. The summed E-state index contributed by atoms with van der Waals surface area (Å²) in [5, 5.41) is 4.04. The largest absolute Gasteiger partial charge is 0.357 e. The second kappa shape index (κ2) is 7.17. The highest BCUT2D eigenvalue weighted by Crippen LogP contribution is 2.16. The molecule has 0 saturated carbocycles. The number of rotatable bonds is 4. The lowest BCUT2D eigenvalue weighted by molar-refractivity contribution is -0.139. The molecule has 2 heterocycles. The van der Waals surface area contributed by atoms with Gasteiger partial charge in [-0.1, -0.05) is 32.0 Å². The molecule has 0 aliphatic carbocycles. The number of carbonyl (C=O) groups is 2. The molecule has 2 N–H and O–H groups in total. The molecule has 0 radical (unpaired) electrons. The van der Waals surface area contributed by atoms with Crippen LogP contribution in [0.25, 0.3) is 10.9 Å². The van der Waals surface area contributed by atoms with Gasteiger partial charge < -0.3 is 20.1 Å². The van der Waals surface area contributed by atoms with Crippen molar-refractivity contribution in [3.8, 4) is 0 Å². The van der Waals surface area contributed by atoms with E-state index in [-0.39, 0.29) is 11.9 Å². The molecular formula is C19H26N4O2. The predicted molar refractivity (Wildman–Crippen MR) is 98.1 cm³/mol. The molecule has 1 saturated heterocycles. The standard InChI is InChI=1S/C19H26N4O2/c1-13(2)12-22-8-9-23(14(3)18(22)24)19(25)20-11-16-10-15-6-4-5-7-17(15)21-16/h4-7,10,13-14,21H,8-9,11-12H2,1-3H3,(H,20,25)/t14-/m1/s1. The number of H-pyrrole nitrogens is 1. The number of piperazine rings is 1. The van der Waals surface area contributed by atoms with Gasteiger partial charge in [0.1, 0.15) is 6.04 Å². The van der Waals surface area contributed by atoms with Gasteiger partial charge in [0, 0.05) is 30.8 Å². The Morgan fingerprint density at radius 3 is 2.80 bits per heavy atom. The van der Waals surface area contributed by atoms with Crippen LogP contribution in [0.5, 0.6) is 0 Å². The number of nitrogens with one attached hydrogen (secondary N) is 2. The summed E-state index contributed by atoms with van der Waals surface area (Å²) >= 11 is 0. The van der Waals surface area contributed by atoms with E-state index in [0.717, 1.165) is 23.1 Å². The van der Waals surface area contributed by atoms with Gasteiger partial charge in [0.05, 0.1) is 6.54 Å². The van der Waals surface area contributed by atoms with E-state index < -0.39 is 6.04 Å². The molecule has 134 valence electrons. The summed E-state index contributed by atoms with van der Waals surface area (Å²) < 4.78 is 0. The third-order valence-corrected chi connectivity index (χ3v) is 4.61. The van der Waals surface area contributed by atoms with Gasteiger partial charge in [0.2, 0.25) is 5.91 Å². The molecule has 1 fully saturated rings. The van der Waals surface area contributed by atoms with Crippen LogP contribution in [-0.2, 0) is 11.3 Å². The average molecular weight is 342 g/mol. The number of aromatic amines is 1. The van der Waals surface area contributed by atoms with Gasteiger partial charge >= 0.3 is 6.03 Å². The quantitative estimate of drug-likeness (QED) is 0.897. The van der Waals surface area contributed by atoms with Gasteiger partial charge in [-0.15, -0.1) is 0 Å². The summed E-state index contributed by atoms with van der Waals surface area (Å²) in [5.74, 6) is 0.458. The first-order valence-corrected chi connectivity index (χ1v) is 8.85. The highest BCUT2D eigenvalue weighted by Gasteiger charge is 2.34. The summed E-state index contributed by atoms with van der Waals surface area (Å²) in [7, 11) is 0. The molecule has 1 aliphatic heterocycles. The smallest absolute Gasteiger partial charge is 0.318 e. The van der Waals surface area contributed by atoms with E-state index in [9.17, 15) is 9.59 Å². The third kappa shape index (κ3) is 3.78. The average Bonchev–Trinajstić information content (AvgIpc) is 2.99. The maximum absolute atomic E-state index is 12.5. The minimum Gasteiger partial charge on any atom is -0.357 e. The van der Waals surface area contributed by atoms with Crippen LogP contribution < -0.4 is 5.32 Å². The van der Waals surface area contributed by atoms with Crippen molar-refractivity contribution >= 4 is 22.8 Å². The van der Waals surface area contributed by atoms with Gasteiger partial charge in [-0.05, 0) is 30.4 Å². The molecule has 1 aromatic carbocycles. The minimum absolute atomic E-state index is 0.0284. The summed E-state index contributed by atoms with van der Waals surface area (Å²) in [6.45, 7) is 8.32. The third-order valence-electron chi connectivity index (χ3n) is 4.61. The van der Waals surface area contributed by atoms with Crippen LogP contribution in [0.2, 0.25) is 0 Å². The Hall–Kier alpha value is -2.50. The molecule has 0 bridgehead atoms. The van der Waals surface area contributed by atoms with Crippen LogP contribution in [0.3, 0.4) is 0 Å². The monoisotopic (exact) mass is 342 g/mol. The van der Waals surface area contributed by atoms with Crippen molar-refractivity contribution in [2.24, 2.45) is 5.92 Å². The Kier molecular flexibility index (Phi) is 4.97. The van der Waals surface area contributed by atoms with Gasteiger partial charge in [0.15, 0.2) is 0 Å². The molecule has 1 atom stereocenters. The van der Waals surface area contributed by atoms with Crippen molar-refractivity contribution in [3.63, 3.8) is 0 Å². The van der Waals surface area contributed by atoms with Crippen molar-refractivity contribution in [2.75, 3.05) is 19.6 Å². The zero-order valence-corrected chi connectivity index (χ0v) is 15.1. The van der Waals surface area contributed by atoms with Crippen LogP contribution in [0.1, 0.15) is 26.5 Å². The maximum Gasteiger partial charge on any atom is 0.318 e. The topological polar surface area (TPSA) is 68.4 Å². The summed E-state index contributed by atoms with van der Waals surface area (Å²) in [6.07, 6.45) is 0. The molecule has 1 aliphatic rings. The second-order valence-corrected chi connectivity index (χ2v) is 7.09. The fourth-order valence-electron chi connectivity index (χ4n) is 3.33. The van der Waals surface area contributed by atoms with Crippen LogP contribution in [0, 0.1) is 5.92 Å². The Labute approximate surface area is 148 Å². The first-order chi connectivity index (χ1) is 12.0. The molecule has 2 aromatic rings. The van der Waals surface area contributed by atoms with E-state index in [1.54, 1.807) is 11.8 Å². The zero-order chi connectivity index (χ0) is 18.0. The first-order valence-electron chi connectivity index (χ1n) is 8.85. The summed E-state index contributed by atoms with van der Waals surface area (Å²) in [6, 6.07) is 9.43. The molecule has 6 nitrogen and oxygen atoms in total. The van der Waals surface area contributed by atoms with Gasteiger partial charge in [-0.25, -0.2) is 4.79 Å². The van der Waals surface area contributed by atoms with E-state index in [0.29, 0.717) is 25.6 Å². The second-order valence-electron chi connectivity index (χ2n) is 7.09. The fraction of sp³-hybridized carbons (Fsp3) is 0.474. The van der Waals surface area contributed by atoms with Crippen LogP contribution in [0.4, 0.5) is 4.79 Å². The number of hydrogen-bond acceptors (Lipinski definition) is 2. The molecule has 6 heteroatoms. The van der Waals surface area contributed by atoms with Gasteiger partial charge in [-0.2, -0.15) is 0 Å². The Morgan fingerprint density at radius 2 is 2.08 bits per heavy atom. The van der Waals surface area contributed by atoms with Crippen LogP contribution in [0.15, 0.2) is 30.3 Å². The molecule has 1 aromatic heterocycles. The molecule has 3 rings (SSSR count). The van der Waals surface area contributed by atoms with E-state index in [1.165, 1.54) is 0 Å². The SMILES string of the molecule is CC(C)CN1CCN(C(=O)NCc2cc3ccccc3[nH]2)[C@H](C)C1=O. The number of aromatic nitrogens is 1. The van der Waals surface area contributed by atoms with Crippen molar-refractivity contribution in [3.05, 3.63) is 36.0 Å². The summed E-state index contributed by atoms with van der Waals surface area (Å²) in [5.41, 5.74) is 2.00. The lowest BCUT2D eigenvalue weighted by atomic mass is 10.1. The molecular weight excluding hydrogens is 316 g/mol. The Bertz CT molecular complexity index is 735. The predicted octanol–water partition coefficient (Wildman–Crippen LogP) is 2.57. The Morgan fingerprint density at radius 1 is 1.32 bits per heavy atom.